The number of aryl methyl sites for hydroxylation is 2. The SMILES string of the molecule is Cc1cc(OCCCC2CCN(c3ncc(Cl)cn3)CC2)cc(C)c1C(O)NC1CNC1. The van der Waals surface area contributed by atoms with E-state index in [-0.39, 0.29) is 0 Å². The molecule has 2 aliphatic heterocycles. The molecule has 0 bridgehead atoms. The van der Waals surface area contributed by atoms with Crippen molar-refractivity contribution in [1.29, 1.82) is 0 Å². The van der Waals surface area contributed by atoms with Gasteiger partial charge in [0.25, 0.3) is 0 Å². The molecule has 0 saturated carbocycles. The highest BCUT2D eigenvalue weighted by Crippen LogP contribution is 2.28. The number of anilines is 1. The lowest BCUT2D eigenvalue weighted by Gasteiger charge is -2.32. The van der Waals surface area contributed by atoms with Crippen LogP contribution in [0.4, 0.5) is 5.95 Å². The summed E-state index contributed by atoms with van der Waals surface area (Å²) in [6, 6.07) is 4.42. The van der Waals surface area contributed by atoms with Gasteiger partial charge in [-0.15, -0.1) is 0 Å². The van der Waals surface area contributed by atoms with Crippen LogP contribution in [0.3, 0.4) is 0 Å². The van der Waals surface area contributed by atoms with Crippen LogP contribution in [-0.2, 0) is 0 Å². The molecule has 0 radical (unpaired) electrons. The van der Waals surface area contributed by atoms with Crippen LogP contribution in [0, 0.1) is 19.8 Å². The van der Waals surface area contributed by atoms with Crippen LogP contribution in [0.1, 0.15) is 48.6 Å². The second-order valence-electron chi connectivity index (χ2n) is 9.02. The molecule has 1 atom stereocenters. The lowest BCUT2D eigenvalue weighted by molar-refractivity contribution is 0.109. The lowest BCUT2D eigenvalue weighted by Crippen LogP contribution is -2.56. The fourth-order valence-electron chi connectivity index (χ4n) is 4.62. The Morgan fingerprint density at radius 1 is 1.19 bits per heavy atom. The van der Waals surface area contributed by atoms with Gasteiger partial charge in [0.1, 0.15) is 12.0 Å². The maximum atomic E-state index is 10.6. The Kier molecular flexibility index (Phi) is 7.84. The van der Waals surface area contributed by atoms with Crippen molar-refractivity contribution in [2.24, 2.45) is 5.92 Å². The summed E-state index contributed by atoms with van der Waals surface area (Å²) < 4.78 is 6.05. The molecule has 8 heteroatoms. The highest BCUT2D eigenvalue weighted by Gasteiger charge is 2.23. The zero-order valence-electron chi connectivity index (χ0n) is 19.0. The van der Waals surface area contributed by atoms with Gasteiger partial charge in [-0.05, 0) is 68.7 Å². The number of aliphatic hydroxyl groups excluding tert-OH is 1. The second kappa shape index (κ2) is 10.8. The molecular weight excluding hydrogens is 426 g/mol. The fraction of sp³-hybridized carbons (Fsp3) is 0.583. The van der Waals surface area contributed by atoms with Gasteiger partial charge in [0, 0.05) is 37.8 Å². The third-order valence-corrected chi connectivity index (χ3v) is 6.74. The van der Waals surface area contributed by atoms with Gasteiger partial charge >= 0.3 is 0 Å². The molecule has 1 unspecified atom stereocenters. The molecule has 1 aromatic heterocycles. The molecule has 4 rings (SSSR count). The van der Waals surface area contributed by atoms with E-state index in [1.54, 1.807) is 12.4 Å². The number of nitrogens with zero attached hydrogens (tertiary/aromatic N) is 3. The van der Waals surface area contributed by atoms with Crippen LogP contribution < -0.4 is 20.3 Å². The topological polar surface area (TPSA) is 82.5 Å². The highest BCUT2D eigenvalue weighted by molar-refractivity contribution is 6.30. The van der Waals surface area contributed by atoms with Gasteiger partial charge in [-0.25, -0.2) is 9.97 Å². The van der Waals surface area contributed by atoms with Gasteiger partial charge in [-0.1, -0.05) is 11.6 Å². The molecule has 0 aliphatic carbocycles. The predicted octanol–water partition coefficient (Wildman–Crippen LogP) is 3.37. The van der Waals surface area contributed by atoms with Gasteiger partial charge in [0.2, 0.25) is 5.95 Å². The zero-order chi connectivity index (χ0) is 22.5. The van der Waals surface area contributed by atoms with E-state index in [0.29, 0.717) is 17.7 Å². The summed E-state index contributed by atoms with van der Waals surface area (Å²) in [6.45, 7) is 8.58. The highest BCUT2D eigenvalue weighted by atomic mass is 35.5. The van der Waals surface area contributed by atoms with Crippen LogP contribution in [0.5, 0.6) is 5.75 Å². The van der Waals surface area contributed by atoms with Crippen molar-refractivity contribution in [2.45, 2.75) is 51.8 Å². The molecule has 2 saturated heterocycles. The summed E-state index contributed by atoms with van der Waals surface area (Å²) in [5.41, 5.74) is 3.08. The van der Waals surface area contributed by atoms with Crippen LogP contribution >= 0.6 is 11.6 Å². The van der Waals surface area contributed by atoms with E-state index in [1.165, 1.54) is 6.42 Å². The molecule has 2 aromatic rings. The van der Waals surface area contributed by atoms with E-state index in [0.717, 1.165) is 79.7 Å². The first-order valence-corrected chi connectivity index (χ1v) is 12.0. The average Bonchev–Trinajstić information content (AvgIpc) is 2.74. The first-order chi connectivity index (χ1) is 15.5. The Hall–Kier alpha value is -1.93. The van der Waals surface area contributed by atoms with Gasteiger partial charge in [-0.2, -0.15) is 0 Å². The van der Waals surface area contributed by atoms with Crippen LogP contribution in [-0.4, -0.2) is 53.9 Å². The number of ether oxygens (including phenoxy) is 1. The quantitative estimate of drug-likeness (QED) is 0.391. The number of aromatic nitrogens is 2. The van der Waals surface area contributed by atoms with E-state index < -0.39 is 6.23 Å². The Morgan fingerprint density at radius 3 is 2.44 bits per heavy atom. The first-order valence-electron chi connectivity index (χ1n) is 11.6. The molecule has 0 amide bonds. The number of rotatable bonds is 9. The summed E-state index contributed by atoms with van der Waals surface area (Å²) in [7, 11) is 0. The number of halogens is 1. The number of benzene rings is 1. The molecule has 0 spiro atoms. The minimum Gasteiger partial charge on any atom is -0.494 e. The molecule has 1 aromatic carbocycles. The van der Waals surface area contributed by atoms with Gasteiger partial charge in [-0.3, -0.25) is 5.32 Å². The summed E-state index contributed by atoms with van der Waals surface area (Å²) in [6.07, 6.45) is 7.20. The van der Waals surface area contributed by atoms with E-state index >= 15 is 0 Å². The normalized spacial score (nSPS) is 18.4. The maximum Gasteiger partial charge on any atom is 0.225 e. The van der Waals surface area contributed by atoms with Crippen molar-refractivity contribution in [3.63, 3.8) is 0 Å². The smallest absolute Gasteiger partial charge is 0.225 e. The standard InChI is InChI=1S/C24H34ClN5O2/c1-16-10-21(11-17(2)22(16)23(31)29-20-14-26-15-20)32-9-3-4-18-5-7-30(8-6-18)24-27-12-19(25)13-28-24/h10-13,18,20,23,26,29,31H,3-9,14-15H2,1-2H3. The van der Waals surface area contributed by atoms with Crippen molar-refractivity contribution in [3.05, 3.63) is 46.2 Å². The van der Waals surface area contributed by atoms with Crippen molar-refractivity contribution in [2.75, 3.05) is 37.7 Å². The molecule has 3 N–H and O–H groups in total. The van der Waals surface area contributed by atoms with E-state index in [9.17, 15) is 5.11 Å². The van der Waals surface area contributed by atoms with Gasteiger partial charge in [0.05, 0.1) is 24.0 Å². The minimum absolute atomic E-state index is 0.338. The van der Waals surface area contributed by atoms with Gasteiger partial charge < -0.3 is 20.1 Å². The summed E-state index contributed by atoms with van der Waals surface area (Å²) in [4.78, 5) is 10.9. The van der Waals surface area contributed by atoms with Crippen LogP contribution in [0.25, 0.3) is 0 Å². The van der Waals surface area contributed by atoms with Crippen molar-refractivity contribution in [1.82, 2.24) is 20.6 Å². The molecule has 3 heterocycles. The van der Waals surface area contributed by atoms with E-state index in [2.05, 4.69) is 25.5 Å². The summed E-state index contributed by atoms with van der Waals surface area (Å²) >= 11 is 5.88. The lowest BCUT2D eigenvalue weighted by atomic mass is 9.92. The van der Waals surface area contributed by atoms with Crippen molar-refractivity contribution >= 4 is 17.5 Å². The van der Waals surface area contributed by atoms with Gasteiger partial charge in [0.15, 0.2) is 0 Å². The Morgan fingerprint density at radius 2 is 1.84 bits per heavy atom. The average molecular weight is 460 g/mol. The first kappa shape index (κ1) is 23.2. The minimum atomic E-state index is -0.639. The Bertz CT molecular complexity index is 859. The number of hydrogen-bond acceptors (Lipinski definition) is 7. The van der Waals surface area contributed by atoms with Crippen LogP contribution in [0.15, 0.2) is 24.5 Å². The summed E-state index contributed by atoms with van der Waals surface area (Å²) in [5.74, 6) is 2.38. The molecule has 7 nitrogen and oxygen atoms in total. The fourth-order valence-corrected chi connectivity index (χ4v) is 4.71. The number of aliphatic hydroxyl groups is 1. The predicted molar refractivity (Wildman–Crippen MR) is 127 cm³/mol. The van der Waals surface area contributed by atoms with Crippen molar-refractivity contribution < 1.29 is 9.84 Å². The number of piperidine rings is 1. The van der Waals surface area contributed by atoms with E-state index in [1.807, 2.05) is 26.0 Å². The molecule has 2 aliphatic rings. The molecular formula is C24H34ClN5O2. The van der Waals surface area contributed by atoms with Crippen molar-refractivity contribution in [3.8, 4) is 5.75 Å². The molecule has 174 valence electrons. The third-order valence-electron chi connectivity index (χ3n) is 6.55. The Labute approximate surface area is 195 Å². The summed E-state index contributed by atoms with van der Waals surface area (Å²) in [5, 5.41) is 17.6. The van der Waals surface area contributed by atoms with Crippen LogP contribution in [0.2, 0.25) is 5.02 Å². The Balaban J connectivity index is 1.19. The largest absolute Gasteiger partial charge is 0.494 e. The number of hydrogen-bond donors (Lipinski definition) is 3. The second-order valence-corrected chi connectivity index (χ2v) is 9.45. The molecule has 32 heavy (non-hydrogen) atoms. The van der Waals surface area contributed by atoms with E-state index in [4.69, 9.17) is 16.3 Å². The molecule has 2 fully saturated rings. The maximum absolute atomic E-state index is 10.6. The zero-order valence-corrected chi connectivity index (χ0v) is 19.7. The number of nitrogens with one attached hydrogen (secondary N) is 2. The monoisotopic (exact) mass is 459 g/mol. The third kappa shape index (κ3) is 5.90.